The molecule has 1 aliphatic heterocycles. The fourth-order valence-electron chi connectivity index (χ4n) is 3.27. The molecule has 0 aliphatic carbocycles. The second kappa shape index (κ2) is 8.80. The number of rotatable bonds is 6. The fourth-order valence-corrected chi connectivity index (χ4v) is 3.27. The van der Waals surface area contributed by atoms with E-state index in [1.165, 1.54) is 31.4 Å². The normalized spacial score (nSPS) is 13.3. The summed E-state index contributed by atoms with van der Waals surface area (Å²) >= 11 is 0. The van der Waals surface area contributed by atoms with Crippen LogP contribution in [-0.4, -0.2) is 34.7 Å². The summed E-state index contributed by atoms with van der Waals surface area (Å²) in [5.41, 5.74) is 1.18. The Bertz CT molecular complexity index is 1290. The molecule has 3 aromatic rings. The van der Waals surface area contributed by atoms with Crippen molar-refractivity contribution < 1.29 is 28.3 Å². The Labute approximate surface area is 188 Å². The van der Waals surface area contributed by atoms with Crippen molar-refractivity contribution in [3.8, 4) is 6.07 Å². The van der Waals surface area contributed by atoms with Crippen molar-refractivity contribution in [3.63, 3.8) is 0 Å². The molecule has 3 amide bonds. The van der Waals surface area contributed by atoms with Gasteiger partial charge in [0.05, 0.1) is 41.1 Å². The number of hydrogen-bond donors (Lipinski definition) is 1. The molecule has 1 atom stereocenters. The molecule has 0 bridgehead atoms. The summed E-state index contributed by atoms with van der Waals surface area (Å²) in [5.74, 6) is -1.96. The number of carbonyl (C=O) groups excluding carboxylic acids is 4. The predicted octanol–water partition coefficient (Wildman–Crippen LogP) is 3.13. The van der Waals surface area contributed by atoms with E-state index in [0.717, 1.165) is 4.90 Å². The molecule has 9 nitrogen and oxygen atoms in total. The summed E-state index contributed by atoms with van der Waals surface area (Å²) in [6.07, 6.45) is 0.314. The van der Waals surface area contributed by atoms with Crippen LogP contribution in [0.3, 0.4) is 0 Å². The second-order valence-corrected chi connectivity index (χ2v) is 7.26. The molecule has 33 heavy (non-hydrogen) atoms. The maximum atomic E-state index is 12.7. The standard InChI is InChI=1S/C24H17N3O6/c1-14(21(28)26-17-7-4-15(12-25)5-8-17)33-24(31)16-6-9-19-20(11-16)23(30)27(22(19)29)13-18-3-2-10-32-18/h2-11,14H,13H2,1H3,(H,26,28). The van der Waals surface area contributed by atoms with Gasteiger partial charge in [-0.3, -0.25) is 19.3 Å². The minimum atomic E-state index is -1.13. The third-order valence-corrected chi connectivity index (χ3v) is 5.04. The van der Waals surface area contributed by atoms with Gasteiger partial charge in [-0.2, -0.15) is 5.26 Å². The van der Waals surface area contributed by atoms with Crippen molar-refractivity contribution >= 4 is 29.4 Å². The lowest BCUT2D eigenvalue weighted by Crippen LogP contribution is -2.30. The number of ether oxygens (including phenoxy) is 1. The SMILES string of the molecule is CC(OC(=O)c1ccc2c(c1)C(=O)N(Cc1ccco1)C2=O)C(=O)Nc1ccc(C#N)cc1. The molecule has 1 aliphatic rings. The van der Waals surface area contributed by atoms with Gasteiger partial charge in [-0.25, -0.2) is 4.79 Å². The van der Waals surface area contributed by atoms with Crippen LogP contribution in [0.5, 0.6) is 0 Å². The van der Waals surface area contributed by atoms with Crippen molar-refractivity contribution in [3.05, 3.63) is 88.9 Å². The van der Waals surface area contributed by atoms with Gasteiger partial charge < -0.3 is 14.5 Å². The number of carbonyl (C=O) groups is 4. The van der Waals surface area contributed by atoms with Crippen molar-refractivity contribution in [2.75, 3.05) is 5.32 Å². The van der Waals surface area contributed by atoms with Gasteiger partial charge in [-0.1, -0.05) is 0 Å². The van der Waals surface area contributed by atoms with Gasteiger partial charge in [0.1, 0.15) is 5.76 Å². The van der Waals surface area contributed by atoms with Crippen molar-refractivity contribution in [1.29, 1.82) is 5.26 Å². The Morgan fingerprint density at radius 1 is 1.09 bits per heavy atom. The summed E-state index contributed by atoms with van der Waals surface area (Å²) in [7, 11) is 0. The van der Waals surface area contributed by atoms with Gasteiger partial charge >= 0.3 is 5.97 Å². The monoisotopic (exact) mass is 443 g/mol. The van der Waals surface area contributed by atoms with Crippen molar-refractivity contribution in [1.82, 2.24) is 4.90 Å². The lowest BCUT2D eigenvalue weighted by atomic mass is 10.1. The molecule has 1 aromatic heterocycles. The molecule has 9 heteroatoms. The number of fused-ring (bicyclic) bond motifs is 1. The van der Waals surface area contributed by atoms with Crippen molar-refractivity contribution in [2.45, 2.75) is 19.6 Å². The predicted molar refractivity (Wildman–Crippen MR) is 114 cm³/mol. The van der Waals surface area contributed by atoms with Crippen molar-refractivity contribution in [2.24, 2.45) is 0 Å². The number of furan rings is 1. The lowest BCUT2D eigenvalue weighted by Gasteiger charge is -2.14. The number of benzene rings is 2. The van der Waals surface area contributed by atoms with E-state index in [1.807, 2.05) is 6.07 Å². The van der Waals surface area contributed by atoms with E-state index in [2.05, 4.69) is 5.32 Å². The van der Waals surface area contributed by atoms with Crippen LogP contribution in [0.2, 0.25) is 0 Å². The molecule has 164 valence electrons. The van der Waals surface area contributed by atoms with Crippen LogP contribution in [-0.2, 0) is 16.1 Å². The van der Waals surface area contributed by atoms with Gasteiger partial charge in [-0.15, -0.1) is 0 Å². The topological polar surface area (TPSA) is 130 Å². The van der Waals surface area contributed by atoms with E-state index in [9.17, 15) is 19.2 Å². The zero-order valence-corrected chi connectivity index (χ0v) is 17.4. The molecule has 0 radical (unpaired) electrons. The first-order valence-electron chi connectivity index (χ1n) is 9.92. The minimum Gasteiger partial charge on any atom is -0.467 e. The number of imide groups is 1. The Balaban J connectivity index is 1.43. The third-order valence-electron chi connectivity index (χ3n) is 5.04. The molecule has 2 aromatic carbocycles. The number of hydrogen-bond acceptors (Lipinski definition) is 7. The van der Waals surface area contributed by atoms with Gasteiger partial charge in [0.2, 0.25) is 0 Å². The van der Waals surface area contributed by atoms with Crippen LogP contribution < -0.4 is 5.32 Å². The summed E-state index contributed by atoms with van der Waals surface area (Å²) in [6.45, 7) is 1.38. The number of esters is 1. The minimum absolute atomic E-state index is 0.0221. The second-order valence-electron chi connectivity index (χ2n) is 7.26. The van der Waals surface area contributed by atoms with E-state index in [-0.39, 0.29) is 23.2 Å². The molecule has 0 saturated heterocycles. The van der Waals surface area contributed by atoms with Crippen LogP contribution >= 0.6 is 0 Å². The summed E-state index contributed by atoms with van der Waals surface area (Å²) in [5, 5.41) is 11.4. The highest BCUT2D eigenvalue weighted by molar-refractivity contribution is 6.21. The highest BCUT2D eigenvalue weighted by atomic mass is 16.5. The highest BCUT2D eigenvalue weighted by Gasteiger charge is 2.36. The number of nitriles is 1. The van der Waals surface area contributed by atoms with E-state index in [4.69, 9.17) is 14.4 Å². The molecule has 4 rings (SSSR count). The largest absolute Gasteiger partial charge is 0.467 e. The van der Waals surface area contributed by atoms with E-state index < -0.39 is 29.8 Å². The Morgan fingerprint density at radius 3 is 2.48 bits per heavy atom. The van der Waals surface area contributed by atoms with E-state index in [0.29, 0.717) is 17.0 Å². The zero-order valence-electron chi connectivity index (χ0n) is 17.4. The maximum absolute atomic E-state index is 12.7. The lowest BCUT2D eigenvalue weighted by molar-refractivity contribution is -0.123. The molecule has 1 N–H and O–H groups in total. The van der Waals surface area contributed by atoms with Crippen LogP contribution in [0, 0.1) is 11.3 Å². The average molecular weight is 443 g/mol. The summed E-state index contributed by atoms with van der Waals surface area (Å²) in [6, 6.07) is 15.5. The molecule has 2 heterocycles. The third kappa shape index (κ3) is 4.36. The fraction of sp³-hybridized carbons (Fsp3) is 0.125. The smallest absolute Gasteiger partial charge is 0.338 e. The van der Waals surface area contributed by atoms with E-state index in [1.54, 1.807) is 36.4 Å². The number of nitrogens with one attached hydrogen (secondary N) is 1. The molecular weight excluding hydrogens is 426 g/mol. The first kappa shape index (κ1) is 21.5. The molecule has 0 saturated carbocycles. The number of anilines is 1. The average Bonchev–Trinajstić information content (AvgIpc) is 3.42. The first-order valence-corrected chi connectivity index (χ1v) is 9.92. The maximum Gasteiger partial charge on any atom is 0.338 e. The Morgan fingerprint density at radius 2 is 1.82 bits per heavy atom. The molecular formula is C24H17N3O6. The van der Waals surface area contributed by atoms with E-state index >= 15 is 0 Å². The highest BCUT2D eigenvalue weighted by Crippen LogP contribution is 2.26. The first-order chi connectivity index (χ1) is 15.9. The number of nitrogens with zero attached hydrogens (tertiary/aromatic N) is 2. The Hall–Kier alpha value is -4.71. The Kier molecular flexibility index (Phi) is 5.74. The van der Waals surface area contributed by atoms with Crippen LogP contribution in [0.15, 0.2) is 65.3 Å². The van der Waals surface area contributed by atoms with Gasteiger partial charge in [0, 0.05) is 5.69 Å². The molecule has 1 unspecified atom stereocenters. The zero-order chi connectivity index (χ0) is 23.5. The van der Waals surface area contributed by atoms with Crippen LogP contribution in [0.1, 0.15) is 49.3 Å². The summed E-state index contributed by atoms with van der Waals surface area (Å²) < 4.78 is 10.4. The molecule has 0 fully saturated rings. The number of amides is 3. The van der Waals surface area contributed by atoms with Gasteiger partial charge in [0.15, 0.2) is 6.10 Å². The molecule has 0 spiro atoms. The summed E-state index contributed by atoms with van der Waals surface area (Å²) in [4.78, 5) is 51.2. The van der Waals surface area contributed by atoms with Crippen LogP contribution in [0.4, 0.5) is 5.69 Å². The quantitative estimate of drug-likeness (QED) is 0.458. The van der Waals surface area contributed by atoms with Gasteiger partial charge in [-0.05, 0) is 61.5 Å². The van der Waals surface area contributed by atoms with Crippen LogP contribution in [0.25, 0.3) is 0 Å². The van der Waals surface area contributed by atoms with Gasteiger partial charge in [0.25, 0.3) is 17.7 Å².